The van der Waals surface area contributed by atoms with Crippen molar-refractivity contribution in [2.45, 2.75) is 32.2 Å². The molecule has 0 saturated carbocycles. The van der Waals surface area contributed by atoms with Gasteiger partial charge in [0.15, 0.2) is 5.82 Å². The van der Waals surface area contributed by atoms with Crippen molar-refractivity contribution >= 4 is 5.82 Å². The molecule has 0 spiro atoms. The molecule has 146 valence electrons. The molecule has 5 rings (SSSR count). The van der Waals surface area contributed by atoms with Crippen molar-refractivity contribution in [2.75, 3.05) is 31.1 Å². The molecular formula is C20H26N8. The van der Waals surface area contributed by atoms with Gasteiger partial charge < -0.3 is 4.90 Å². The van der Waals surface area contributed by atoms with Gasteiger partial charge in [-0.05, 0) is 37.3 Å². The Hall–Kier alpha value is -2.74. The van der Waals surface area contributed by atoms with Crippen LogP contribution >= 0.6 is 0 Å². The molecule has 0 N–H and O–H groups in total. The van der Waals surface area contributed by atoms with E-state index >= 15 is 0 Å². The van der Waals surface area contributed by atoms with Crippen LogP contribution < -0.4 is 4.90 Å². The highest BCUT2D eigenvalue weighted by molar-refractivity contribution is 5.43. The number of fused-ring (bicyclic) bond motifs is 1. The summed E-state index contributed by atoms with van der Waals surface area (Å²) in [6.07, 6.45) is 10.2. The zero-order valence-electron chi connectivity index (χ0n) is 16.3. The van der Waals surface area contributed by atoms with E-state index in [0.717, 1.165) is 50.8 Å². The van der Waals surface area contributed by atoms with Gasteiger partial charge in [-0.1, -0.05) is 0 Å². The molecule has 28 heavy (non-hydrogen) atoms. The summed E-state index contributed by atoms with van der Waals surface area (Å²) < 4.78 is 3.89. The number of rotatable bonds is 4. The minimum Gasteiger partial charge on any atom is -0.354 e. The molecule has 0 aromatic carbocycles. The molecule has 0 unspecified atom stereocenters. The van der Waals surface area contributed by atoms with Gasteiger partial charge in [0.2, 0.25) is 0 Å². The number of hydrogen-bond donors (Lipinski definition) is 0. The third-order valence-corrected chi connectivity index (χ3v) is 5.90. The van der Waals surface area contributed by atoms with Crippen molar-refractivity contribution in [1.29, 1.82) is 0 Å². The highest BCUT2D eigenvalue weighted by Gasteiger charge is 2.24. The lowest BCUT2D eigenvalue weighted by molar-refractivity contribution is 0.242. The lowest BCUT2D eigenvalue weighted by Crippen LogP contribution is -2.46. The van der Waals surface area contributed by atoms with Gasteiger partial charge in [-0.25, -0.2) is 14.6 Å². The van der Waals surface area contributed by atoms with Crippen molar-refractivity contribution in [3.8, 4) is 5.82 Å². The second kappa shape index (κ2) is 7.35. The number of hydrogen-bond acceptors (Lipinski definition) is 6. The first-order valence-electron chi connectivity index (χ1n) is 10.1. The van der Waals surface area contributed by atoms with E-state index in [4.69, 9.17) is 5.10 Å². The van der Waals surface area contributed by atoms with Crippen LogP contribution in [0.3, 0.4) is 0 Å². The van der Waals surface area contributed by atoms with Crippen LogP contribution in [0, 0.1) is 0 Å². The first-order chi connectivity index (χ1) is 13.8. The summed E-state index contributed by atoms with van der Waals surface area (Å²) in [7, 11) is 2.10. The highest BCUT2D eigenvalue weighted by atomic mass is 15.3. The van der Waals surface area contributed by atoms with Crippen molar-refractivity contribution < 1.29 is 0 Å². The fraction of sp³-hybridized carbons (Fsp3) is 0.500. The maximum atomic E-state index is 4.77. The monoisotopic (exact) mass is 378 g/mol. The predicted molar refractivity (Wildman–Crippen MR) is 106 cm³/mol. The van der Waals surface area contributed by atoms with Gasteiger partial charge in [0.25, 0.3) is 0 Å². The molecule has 8 nitrogen and oxygen atoms in total. The van der Waals surface area contributed by atoms with E-state index in [2.05, 4.69) is 36.6 Å². The summed E-state index contributed by atoms with van der Waals surface area (Å²) in [5.74, 6) is 1.78. The maximum Gasteiger partial charge on any atom is 0.158 e. The molecule has 4 heterocycles. The Balaban J connectivity index is 1.25. The molecule has 1 aliphatic carbocycles. The summed E-state index contributed by atoms with van der Waals surface area (Å²) in [4.78, 5) is 13.7. The van der Waals surface area contributed by atoms with Gasteiger partial charge in [-0.15, -0.1) is 0 Å². The van der Waals surface area contributed by atoms with Crippen LogP contribution in [0.1, 0.15) is 29.8 Å². The largest absolute Gasteiger partial charge is 0.354 e. The lowest BCUT2D eigenvalue weighted by Gasteiger charge is -2.35. The molecule has 8 heteroatoms. The van der Waals surface area contributed by atoms with Crippen molar-refractivity contribution in [3.05, 3.63) is 47.8 Å². The van der Waals surface area contributed by atoms with Crippen LogP contribution in [0.5, 0.6) is 0 Å². The van der Waals surface area contributed by atoms with E-state index in [1.165, 1.54) is 36.2 Å². The third-order valence-electron chi connectivity index (χ3n) is 5.90. The molecule has 0 radical (unpaired) electrons. The summed E-state index contributed by atoms with van der Waals surface area (Å²) in [6, 6.07) is 3.91. The molecular weight excluding hydrogens is 352 g/mol. The van der Waals surface area contributed by atoms with Crippen molar-refractivity contribution in [1.82, 2.24) is 34.4 Å². The van der Waals surface area contributed by atoms with Crippen LogP contribution in [-0.4, -0.2) is 60.6 Å². The van der Waals surface area contributed by atoms with Crippen molar-refractivity contribution in [2.24, 2.45) is 7.05 Å². The highest BCUT2D eigenvalue weighted by Crippen LogP contribution is 2.25. The average Bonchev–Trinajstić information content (AvgIpc) is 3.38. The first-order valence-corrected chi connectivity index (χ1v) is 10.1. The minimum absolute atomic E-state index is 0.805. The van der Waals surface area contributed by atoms with E-state index in [9.17, 15) is 0 Å². The third kappa shape index (κ3) is 3.28. The number of aromatic nitrogens is 6. The van der Waals surface area contributed by atoms with Gasteiger partial charge in [0.1, 0.15) is 12.1 Å². The first kappa shape index (κ1) is 17.4. The predicted octanol–water partition coefficient (Wildman–Crippen LogP) is 1.60. The van der Waals surface area contributed by atoms with Gasteiger partial charge in [-0.3, -0.25) is 9.58 Å². The molecule has 3 aromatic heterocycles. The van der Waals surface area contributed by atoms with Crippen LogP contribution in [0.2, 0.25) is 0 Å². The molecule has 3 aromatic rings. The standard InChI is InChI=1S/C20H26N8/c1-25-18(16-5-2-3-6-17(16)24-25)14-26-9-11-27(12-10-26)19-13-20(22-15-21-19)28-8-4-7-23-28/h4,7-8,13,15H,2-3,5-6,9-12,14H2,1H3. The second-order valence-electron chi connectivity index (χ2n) is 7.65. The minimum atomic E-state index is 0.805. The topological polar surface area (TPSA) is 67.9 Å². The molecule has 0 bridgehead atoms. The normalized spacial score (nSPS) is 17.7. The summed E-state index contributed by atoms with van der Waals surface area (Å²) >= 11 is 0. The Bertz CT molecular complexity index is 937. The number of aryl methyl sites for hydroxylation is 2. The molecule has 0 amide bonds. The van der Waals surface area contributed by atoms with Gasteiger partial charge in [-0.2, -0.15) is 10.2 Å². The Kier molecular flexibility index (Phi) is 4.56. The number of nitrogens with zero attached hydrogens (tertiary/aromatic N) is 8. The Labute approximate surface area is 164 Å². The fourth-order valence-electron chi connectivity index (χ4n) is 4.33. The van der Waals surface area contributed by atoms with Crippen molar-refractivity contribution in [3.63, 3.8) is 0 Å². The van der Waals surface area contributed by atoms with Crippen LogP contribution in [0.15, 0.2) is 30.9 Å². The van der Waals surface area contributed by atoms with Crippen LogP contribution in [0.4, 0.5) is 5.82 Å². The molecule has 1 saturated heterocycles. The van der Waals surface area contributed by atoms with E-state index < -0.39 is 0 Å². The van der Waals surface area contributed by atoms with Gasteiger partial charge in [0, 0.05) is 58.2 Å². The maximum absolute atomic E-state index is 4.77. The van der Waals surface area contributed by atoms with Crippen LogP contribution in [0.25, 0.3) is 5.82 Å². The Morgan fingerprint density at radius 1 is 1.00 bits per heavy atom. The van der Waals surface area contributed by atoms with Crippen LogP contribution in [-0.2, 0) is 26.4 Å². The van der Waals surface area contributed by atoms with Gasteiger partial charge >= 0.3 is 0 Å². The van der Waals surface area contributed by atoms with E-state index in [1.54, 1.807) is 17.2 Å². The van der Waals surface area contributed by atoms with E-state index in [1.807, 2.05) is 18.3 Å². The lowest BCUT2D eigenvalue weighted by atomic mass is 9.95. The molecule has 2 aliphatic rings. The summed E-state index contributed by atoms with van der Waals surface area (Å²) in [5, 5.41) is 9.03. The second-order valence-corrected chi connectivity index (χ2v) is 7.65. The zero-order chi connectivity index (χ0) is 18.9. The molecule has 1 fully saturated rings. The quantitative estimate of drug-likeness (QED) is 0.687. The molecule has 1 aliphatic heterocycles. The van der Waals surface area contributed by atoms with E-state index in [0.29, 0.717) is 0 Å². The van der Waals surface area contributed by atoms with Gasteiger partial charge in [0.05, 0.1) is 11.4 Å². The smallest absolute Gasteiger partial charge is 0.158 e. The summed E-state index contributed by atoms with van der Waals surface area (Å²) in [6.45, 7) is 4.99. The SMILES string of the molecule is Cn1nc2c(c1CN1CCN(c3cc(-n4cccn4)ncn3)CC1)CCCC2. The Morgan fingerprint density at radius 3 is 2.64 bits per heavy atom. The molecule has 0 atom stereocenters. The zero-order valence-corrected chi connectivity index (χ0v) is 16.3. The van der Waals surface area contributed by atoms with E-state index in [-0.39, 0.29) is 0 Å². The fourth-order valence-corrected chi connectivity index (χ4v) is 4.33. The Morgan fingerprint density at radius 2 is 1.82 bits per heavy atom. The average molecular weight is 378 g/mol. The summed E-state index contributed by atoms with van der Waals surface area (Å²) in [5.41, 5.74) is 4.25. The number of anilines is 1. The number of piperazine rings is 1.